The number of fused-ring (bicyclic) bond motifs is 1. The highest BCUT2D eigenvalue weighted by Crippen LogP contribution is 2.09. The molecule has 2 heterocycles. The SMILES string of the molecule is Cc1cc(C)n2cc(CO[C@H](C)C(=O)O)nc2n1. The Bertz CT molecular complexity index is 592. The van der Waals surface area contributed by atoms with E-state index in [1.807, 2.05) is 30.5 Å². The van der Waals surface area contributed by atoms with Gasteiger partial charge in [-0.05, 0) is 26.8 Å². The van der Waals surface area contributed by atoms with Gasteiger partial charge in [0.25, 0.3) is 0 Å². The Kier molecular flexibility index (Phi) is 3.29. The number of nitrogens with zero attached hydrogens (tertiary/aromatic N) is 3. The second-order valence-electron chi connectivity index (χ2n) is 4.23. The fraction of sp³-hybridized carbons (Fsp3) is 0.417. The van der Waals surface area contributed by atoms with E-state index in [1.165, 1.54) is 6.92 Å². The summed E-state index contributed by atoms with van der Waals surface area (Å²) in [5, 5.41) is 8.72. The molecular formula is C12H15N3O3. The zero-order chi connectivity index (χ0) is 13.3. The number of rotatable bonds is 4. The molecule has 96 valence electrons. The molecule has 6 nitrogen and oxygen atoms in total. The van der Waals surface area contributed by atoms with Crippen LogP contribution in [0.25, 0.3) is 5.78 Å². The molecule has 0 fully saturated rings. The van der Waals surface area contributed by atoms with Crippen LogP contribution in [0.5, 0.6) is 0 Å². The van der Waals surface area contributed by atoms with Crippen LogP contribution in [0.15, 0.2) is 12.3 Å². The van der Waals surface area contributed by atoms with E-state index in [0.717, 1.165) is 11.4 Å². The van der Waals surface area contributed by atoms with Gasteiger partial charge in [0.2, 0.25) is 5.78 Å². The summed E-state index contributed by atoms with van der Waals surface area (Å²) in [6, 6.07) is 1.96. The minimum absolute atomic E-state index is 0.162. The first-order chi connectivity index (χ1) is 8.47. The average molecular weight is 249 g/mol. The molecule has 0 aliphatic rings. The van der Waals surface area contributed by atoms with Crippen LogP contribution in [0.4, 0.5) is 0 Å². The van der Waals surface area contributed by atoms with Crippen LogP contribution < -0.4 is 0 Å². The van der Waals surface area contributed by atoms with Gasteiger partial charge in [0, 0.05) is 17.6 Å². The van der Waals surface area contributed by atoms with Crippen molar-refractivity contribution in [3.63, 3.8) is 0 Å². The lowest BCUT2D eigenvalue weighted by Gasteiger charge is -2.05. The first-order valence-electron chi connectivity index (χ1n) is 5.64. The molecule has 1 N–H and O–H groups in total. The molecule has 2 aromatic heterocycles. The van der Waals surface area contributed by atoms with E-state index in [1.54, 1.807) is 0 Å². The molecule has 0 unspecified atom stereocenters. The lowest BCUT2D eigenvalue weighted by molar-refractivity contribution is -0.149. The third kappa shape index (κ3) is 2.48. The first-order valence-corrected chi connectivity index (χ1v) is 5.64. The van der Waals surface area contributed by atoms with E-state index in [9.17, 15) is 4.79 Å². The second kappa shape index (κ2) is 4.73. The Balaban J connectivity index is 2.20. The normalized spacial score (nSPS) is 12.8. The smallest absolute Gasteiger partial charge is 0.332 e. The number of hydrogen-bond donors (Lipinski definition) is 1. The van der Waals surface area contributed by atoms with Gasteiger partial charge >= 0.3 is 5.97 Å². The van der Waals surface area contributed by atoms with Crippen LogP contribution in [-0.2, 0) is 16.1 Å². The Labute approximate surface area is 104 Å². The minimum Gasteiger partial charge on any atom is -0.479 e. The molecule has 2 aromatic rings. The largest absolute Gasteiger partial charge is 0.479 e. The van der Waals surface area contributed by atoms with Crippen molar-refractivity contribution in [2.75, 3.05) is 0 Å². The van der Waals surface area contributed by atoms with Crippen molar-refractivity contribution in [1.29, 1.82) is 0 Å². The molecule has 0 radical (unpaired) electrons. The highest BCUT2D eigenvalue weighted by molar-refractivity contribution is 5.71. The molecule has 2 rings (SSSR count). The third-order valence-electron chi connectivity index (χ3n) is 2.64. The van der Waals surface area contributed by atoms with Crippen LogP contribution in [0.1, 0.15) is 24.0 Å². The maximum atomic E-state index is 10.6. The molecule has 0 amide bonds. The number of imidazole rings is 1. The topological polar surface area (TPSA) is 76.7 Å². The number of hydrogen-bond acceptors (Lipinski definition) is 4. The summed E-state index contributed by atoms with van der Waals surface area (Å²) in [7, 11) is 0. The van der Waals surface area contributed by atoms with Crippen molar-refractivity contribution in [3.8, 4) is 0 Å². The number of ether oxygens (including phenoxy) is 1. The van der Waals surface area contributed by atoms with E-state index in [0.29, 0.717) is 11.5 Å². The lowest BCUT2D eigenvalue weighted by atomic mass is 10.3. The van der Waals surface area contributed by atoms with Crippen molar-refractivity contribution >= 4 is 11.7 Å². The standard InChI is InChI=1S/C12H15N3O3/c1-7-4-8(2)15-5-10(14-12(15)13-7)6-18-9(3)11(16)17/h4-5,9H,6H2,1-3H3,(H,16,17)/t9-/m1/s1. The van der Waals surface area contributed by atoms with Gasteiger partial charge in [-0.3, -0.25) is 4.40 Å². The quantitative estimate of drug-likeness (QED) is 0.884. The van der Waals surface area contributed by atoms with Crippen LogP contribution in [-0.4, -0.2) is 31.5 Å². The highest BCUT2D eigenvalue weighted by atomic mass is 16.5. The van der Waals surface area contributed by atoms with Gasteiger partial charge in [0.05, 0.1) is 12.3 Å². The maximum Gasteiger partial charge on any atom is 0.332 e. The fourth-order valence-corrected chi connectivity index (χ4v) is 1.67. The molecule has 1 atom stereocenters. The van der Waals surface area contributed by atoms with Gasteiger partial charge in [0.1, 0.15) is 0 Å². The van der Waals surface area contributed by atoms with Crippen molar-refractivity contribution < 1.29 is 14.6 Å². The lowest BCUT2D eigenvalue weighted by Crippen LogP contribution is -2.19. The van der Waals surface area contributed by atoms with E-state index >= 15 is 0 Å². The van der Waals surface area contributed by atoms with Gasteiger partial charge in [-0.2, -0.15) is 0 Å². The predicted octanol–water partition coefficient (Wildman–Crippen LogP) is 1.34. The molecule has 0 bridgehead atoms. The van der Waals surface area contributed by atoms with Gasteiger partial charge in [0.15, 0.2) is 6.10 Å². The number of carboxylic acid groups (broad SMARTS) is 1. The first kappa shape index (κ1) is 12.5. The summed E-state index contributed by atoms with van der Waals surface area (Å²) in [5.41, 5.74) is 2.60. The van der Waals surface area contributed by atoms with Crippen LogP contribution >= 0.6 is 0 Å². The van der Waals surface area contributed by atoms with E-state index < -0.39 is 12.1 Å². The number of carbonyl (C=O) groups is 1. The summed E-state index contributed by atoms with van der Waals surface area (Å²) in [6.07, 6.45) is 0.969. The zero-order valence-corrected chi connectivity index (χ0v) is 10.5. The molecule has 0 spiro atoms. The number of aromatic nitrogens is 3. The Morgan fingerprint density at radius 2 is 2.22 bits per heavy atom. The Morgan fingerprint density at radius 1 is 1.50 bits per heavy atom. The molecule has 0 saturated heterocycles. The number of carboxylic acids is 1. The van der Waals surface area contributed by atoms with Gasteiger partial charge in [-0.25, -0.2) is 14.8 Å². The van der Waals surface area contributed by atoms with Crippen molar-refractivity contribution in [2.45, 2.75) is 33.5 Å². The van der Waals surface area contributed by atoms with E-state index in [-0.39, 0.29) is 6.61 Å². The molecule has 18 heavy (non-hydrogen) atoms. The molecule has 0 aromatic carbocycles. The van der Waals surface area contributed by atoms with Gasteiger partial charge in [-0.15, -0.1) is 0 Å². The Morgan fingerprint density at radius 3 is 2.89 bits per heavy atom. The second-order valence-corrected chi connectivity index (χ2v) is 4.23. The number of aryl methyl sites for hydroxylation is 2. The summed E-state index contributed by atoms with van der Waals surface area (Å²) >= 11 is 0. The summed E-state index contributed by atoms with van der Waals surface area (Å²) < 4.78 is 7.04. The van der Waals surface area contributed by atoms with Crippen molar-refractivity contribution in [3.05, 3.63) is 29.3 Å². The van der Waals surface area contributed by atoms with E-state index in [4.69, 9.17) is 9.84 Å². The zero-order valence-electron chi connectivity index (χ0n) is 10.5. The molecule has 0 saturated carbocycles. The van der Waals surface area contributed by atoms with Crippen LogP contribution in [0.3, 0.4) is 0 Å². The maximum absolute atomic E-state index is 10.6. The predicted molar refractivity (Wildman–Crippen MR) is 64.3 cm³/mol. The van der Waals surface area contributed by atoms with Crippen molar-refractivity contribution in [2.24, 2.45) is 0 Å². The van der Waals surface area contributed by atoms with Gasteiger partial charge < -0.3 is 9.84 Å². The minimum atomic E-state index is -0.982. The Hall–Kier alpha value is -1.95. The summed E-state index contributed by atoms with van der Waals surface area (Å²) in [6.45, 7) is 5.53. The summed E-state index contributed by atoms with van der Waals surface area (Å²) in [4.78, 5) is 19.2. The van der Waals surface area contributed by atoms with Gasteiger partial charge in [-0.1, -0.05) is 0 Å². The van der Waals surface area contributed by atoms with Crippen LogP contribution in [0, 0.1) is 13.8 Å². The monoisotopic (exact) mass is 249 g/mol. The molecule has 6 heteroatoms. The average Bonchev–Trinajstić information content (AvgIpc) is 2.68. The van der Waals surface area contributed by atoms with E-state index in [2.05, 4.69) is 9.97 Å². The van der Waals surface area contributed by atoms with Crippen molar-refractivity contribution in [1.82, 2.24) is 14.4 Å². The highest BCUT2D eigenvalue weighted by Gasteiger charge is 2.12. The molecule has 0 aliphatic heterocycles. The molecule has 0 aliphatic carbocycles. The third-order valence-corrected chi connectivity index (χ3v) is 2.64. The molecular weight excluding hydrogens is 234 g/mol. The fourth-order valence-electron chi connectivity index (χ4n) is 1.67. The van der Waals surface area contributed by atoms with Crippen LogP contribution in [0.2, 0.25) is 0 Å². The number of aliphatic carboxylic acids is 1. The summed E-state index contributed by atoms with van der Waals surface area (Å²) in [5.74, 6) is -0.377.